The Hall–Kier alpha value is -2.66. The van der Waals surface area contributed by atoms with E-state index in [1.807, 2.05) is 0 Å². The van der Waals surface area contributed by atoms with Crippen molar-refractivity contribution < 1.29 is 19.4 Å². The SMILES string of the molecule is CCCCCN1CCCC1(C(=O)O)C(=O)OC.c1ccc2c(c1)Cc1ccccc1-2. The smallest absolute Gasteiger partial charge is 0.338 e. The van der Waals surface area contributed by atoms with Crippen molar-refractivity contribution in [2.45, 2.75) is 51.0 Å². The van der Waals surface area contributed by atoms with E-state index in [0.29, 0.717) is 19.5 Å². The number of esters is 1. The van der Waals surface area contributed by atoms with Gasteiger partial charge >= 0.3 is 11.9 Å². The lowest BCUT2D eigenvalue weighted by atomic mass is 9.96. The summed E-state index contributed by atoms with van der Waals surface area (Å²) in [5, 5.41) is 9.35. The molecule has 0 bridgehead atoms. The Bertz CT molecular complexity index is 851. The first-order valence-corrected chi connectivity index (χ1v) is 10.8. The second kappa shape index (κ2) is 9.90. The van der Waals surface area contributed by atoms with Gasteiger partial charge in [-0.1, -0.05) is 68.3 Å². The fourth-order valence-corrected chi connectivity index (χ4v) is 4.54. The molecule has 4 rings (SSSR count). The minimum Gasteiger partial charge on any atom is -0.479 e. The number of unbranched alkanes of at least 4 members (excludes halogenated alkanes) is 2. The lowest BCUT2D eigenvalue weighted by Gasteiger charge is -2.31. The summed E-state index contributed by atoms with van der Waals surface area (Å²) in [6.07, 6.45) is 5.23. The largest absolute Gasteiger partial charge is 0.479 e. The lowest BCUT2D eigenvalue weighted by molar-refractivity contribution is -0.167. The summed E-state index contributed by atoms with van der Waals surface area (Å²) in [6, 6.07) is 17.3. The minimum absolute atomic E-state index is 0.348. The highest BCUT2D eigenvalue weighted by Gasteiger charge is 2.54. The number of likely N-dealkylation sites (tertiary alicyclic amines) is 1. The molecule has 2 aromatic carbocycles. The molecule has 1 unspecified atom stereocenters. The molecule has 2 aromatic rings. The van der Waals surface area contributed by atoms with Crippen molar-refractivity contribution in [1.29, 1.82) is 0 Å². The number of carboxylic acids is 1. The van der Waals surface area contributed by atoms with Crippen molar-refractivity contribution in [1.82, 2.24) is 4.90 Å². The molecule has 1 saturated heterocycles. The number of aliphatic carboxylic acids is 1. The number of nitrogens with zero attached hydrogens (tertiary/aromatic N) is 1. The number of carbonyl (C=O) groups is 2. The molecular formula is C25H31NO4. The van der Waals surface area contributed by atoms with E-state index < -0.39 is 17.5 Å². The van der Waals surface area contributed by atoms with Crippen molar-refractivity contribution in [2.75, 3.05) is 20.2 Å². The first-order valence-electron chi connectivity index (χ1n) is 10.8. The number of carboxylic acid groups (broad SMARTS) is 1. The van der Waals surface area contributed by atoms with Crippen LogP contribution in [0.15, 0.2) is 48.5 Å². The predicted molar refractivity (Wildman–Crippen MR) is 117 cm³/mol. The highest BCUT2D eigenvalue weighted by molar-refractivity contribution is 6.04. The van der Waals surface area contributed by atoms with Crippen LogP contribution in [0.2, 0.25) is 0 Å². The van der Waals surface area contributed by atoms with Crippen LogP contribution in [-0.4, -0.2) is 47.7 Å². The molecule has 0 spiro atoms. The number of rotatable bonds is 6. The van der Waals surface area contributed by atoms with E-state index in [1.54, 1.807) is 4.90 Å². The Kier molecular flexibility index (Phi) is 7.27. The predicted octanol–water partition coefficient (Wildman–Crippen LogP) is 4.53. The van der Waals surface area contributed by atoms with Gasteiger partial charge in [0, 0.05) is 0 Å². The summed E-state index contributed by atoms with van der Waals surface area (Å²) in [5.74, 6) is -1.72. The standard InChI is InChI=1S/C13H10.C12H21NO4/c1-3-7-12-10(5-1)9-11-6-2-4-8-13(11)12;1-3-4-5-8-13-9-6-7-12(13,10(14)15)11(16)17-2/h1-8H,9H2;3-9H2,1-2H3,(H,14,15). The number of benzene rings is 2. The lowest BCUT2D eigenvalue weighted by Crippen LogP contribution is -2.57. The van der Waals surface area contributed by atoms with Gasteiger partial charge in [0.1, 0.15) is 0 Å². The molecule has 1 aliphatic heterocycles. The third kappa shape index (κ3) is 4.26. The molecule has 160 valence electrons. The molecule has 5 nitrogen and oxygen atoms in total. The van der Waals surface area contributed by atoms with Gasteiger partial charge in [-0.2, -0.15) is 0 Å². The van der Waals surface area contributed by atoms with Crippen LogP contribution in [0.25, 0.3) is 11.1 Å². The molecule has 0 amide bonds. The molecule has 0 saturated carbocycles. The fraction of sp³-hybridized carbons (Fsp3) is 0.440. The molecule has 1 N–H and O–H groups in total. The van der Waals surface area contributed by atoms with E-state index in [1.165, 1.54) is 29.4 Å². The van der Waals surface area contributed by atoms with Crippen LogP contribution in [0, 0.1) is 0 Å². The maximum atomic E-state index is 11.8. The fourth-order valence-electron chi connectivity index (χ4n) is 4.54. The van der Waals surface area contributed by atoms with Crippen molar-refractivity contribution >= 4 is 11.9 Å². The molecule has 0 radical (unpaired) electrons. The zero-order chi connectivity index (χ0) is 21.6. The van der Waals surface area contributed by atoms with Crippen molar-refractivity contribution in [3.05, 3.63) is 59.7 Å². The number of fused-ring (bicyclic) bond motifs is 3. The van der Waals surface area contributed by atoms with Gasteiger partial charge in [0.05, 0.1) is 7.11 Å². The van der Waals surface area contributed by atoms with Gasteiger partial charge in [0.2, 0.25) is 5.54 Å². The Balaban J connectivity index is 0.000000175. The van der Waals surface area contributed by atoms with Gasteiger partial charge in [-0.25, -0.2) is 9.59 Å². The summed E-state index contributed by atoms with van der Waals surface area (Å²) in [4.78, 5) is 25.0. The zero-order valence-electron chi connectivity index (χ0n) is 17.9. The first-order chi connectivity index (χ1) is 14.5. The highest BCUT2D eigenvalue weighted by Crippen LogP contribution is 2.35. The van der Waals surface area contributed by atoms with E-state index in [-0.39, 0.29) is 0 Å². The number of hydrogen-bond acceptors (Lipinski definition) is 4. The summed E-state index contributed by atoms with van der Waals surface area (Å²) < 4.78 is 4.67. The Morgan fingerprint density at radius 1 is 1.03 bits per heavy atom. The van der Waals surface area contributed by atoms with Crippen LogP contribution in [0.3, 0.4) is 0 Å². The number of methoxy groups -OCH3 is 1. The second-order valence-corrected chi connectivity index (χ2v) is 7.95. The Morgan fingerprint density at radius 3 is 2.17 bits per heavy atom. The summed E-state index contributed by atoms with van der Waals surface area (Å²) >= 11 is 0. The minimum atomic E-state index is -1.44. The highest BCUT2D eigenvalue weighted by atomic mass is 16.5. The average Bonchev–Trinajstić information content (AvgIpc) is 3.36. The number of carbonyl (C=O) groups excluding carboxylic acids is 1. The normalized spacial score (nSPS) is 19.4. The van der Waals surface area contributed by atoms with E-state index in [4.69, 9.17) is 0 Å². The number of ether oxygens (including phenoxy) is 1. The molecule has 1 heterocycles. The van der Waals surface area contributed by atoms with E-state index >= 15 is 0 Å². The third-order valence-electron chi connectivity index (χ3n) is 6.12. The van der Waals surface area contributed by atoms with Crippen LogP contribution in [0.4, 0.5) is 0 Å². The monoisotopic (exact) mass is 409 g/mol. The Labute approximate surface area is 178 Å². The third-order valence-corrected chi connectivity index (χ3v) is 6.12. The summed E-state index contributed by atoms with van der Waals surface area (Å²) in [6.45, 7) is 3.40. The summed E-state index contributed by atoms with van der Waals surface area (Å²) in [7, 11) is 1.25. The van der Waals surface area contributed by atoms with Crippen LogP contribution in [0.1, 0.15) is 50.2 Å². The van der Waals surface area contributed by atoms with Crippen LogP contribution >= 0.6 is 0 Å². The van der Waals surface area contributed by atoms with E-state index in [9.17, 15) is 14.7 Å². The second-order valence-electron chi connectivity index (χ2n) is 7.95. The molecule has 30 heavy (non-hydrogen) atoms. The average molecular weight is 410 g/mol. The molecule has 1 atom stereocenters. The zero-order valence-corrected chi connectivity index (χ0v) is 17.9. The van der Waals surface area contributed by atoms with Crippen LogP contribution < -0.4 is 0 Å². The van der Waals surface area contributed by atoms with Crippen LogP contribution in [0.5, 0.6) is 0 Å². The van der Waals surface area contributed by atoms with Gasteiger partial charge in [0.25, 0.3) is 0 Å². The molecule has 1 aliphatic carbocycles. The molecule has 5 heteroatoms. The molecule has 1 fully saturated rings. The quantitative estimate of drug-likeness (QED) is 0.368. The number of hydrogen-bond donors (Lipinski definition) is 1. The van der Waals surface area contributed by atoms with Crippen LogP contribution in [-0.2, 0) is 20.7 Å². The van der Waals surface area contributed by atoms with Crippen molar-refractivity contribution in [3.63, 3.8) is 0 Å². The van der Waals surface area contributed by atoms with Gasteiger partial charge < -0.3 is 9.84 Å². The maximum absolute atomic E-state index is 11.8. The van der Waals surface area contributed by atoms with Crippen molar-refractivity contribution in [2.24, 2.45) is 0 Å². The Morgan fingerprint density at radius 2 is 1.63 bits per heavy atom. The molecule has 2 aliphatic rings. The molecule has 0 aromatic heterocycles. The topological polar surface area (TPSA) is 66.8 Å². The van der Waals surface area contributed by atoms with Gasteiger partial charge in [-0.05, 0) is 61.0 Å². The van der Waals surface area contributed by atoms with Gasteiger partial charge in [0.15, 0.2) is 0 Å². The maximum Gasteiger partial charge on any atom is 0.338 e. The van der Waals surface area contributed by atoms with E-state index in [0.717, 1.165) is 32.1 Å². The van der Waals surface area contributed by atoms with Gasteiger partial charge in [-0.3, -0.25) is 4.90 Å². The first kappa shape index (κ1) is 22.0. The van der Waals surface area contributed by atoms with Crippen molar-refractivity contribution in [3.8, 4) is 11.1 Å². The summed E-state index contributed by atoms with van der Waals surface area (Å²) in [5.41, 5.74) is 4.31. The van der Waals surface area contributed by atoms with Gasteiger partial charge in [-0.15, -0.1) is 0 Å². The van der Waals surface area contributed by atoms with E-state index in [2.05, 4.69) is 60.2 Å². The molecular weight excluding hydrogens is 378 g/mol.